The third-order valence-corrected chi connectivity index (χ3v) is 1.57. The molecule has 0 unspecified atom stereocenters. The molecule has 0 aliphatic carbocycles. The minimum absolute atomic E-state index is 0.306. The summed E-state index contributed by atoms with van der Waals surface area (Å²) in [6.45, 7) is 3.74. The number of aromatic hydroxyl groups is 1. The normalized spacial score (nSPS) is 8.60. The molecule has 0 heterocycles. The van der Waals surface area contributed by atoms with E-state index in [0.717, 1.165) is 12.5 Å². The van der Waals surface area contributed by atoms with Gasteiger partial charge in [0.25, 0.3) is 0 Å². The summed E-state index contributed by atoms with van der Waals surface area (Å²) in [5, 5.41) is 8.89. The molecule has 0 fully saturated rings. The monoisotopic (exact) mass is 208 g/mol. The predicted octanol–water partition coefficient (Wildman–Crippen LogP) is 0.551. The van der Waals surface area contributed by atoms with E-state index in [1.165, 1.54) is 5.56 Å². The lowest BCUT2D eigenvalue weighted by Crippen LogP contribution is -2.04. The molecule has 0 saturated carbocycles. The van der Waals surface area contributed by atoms with Crippen molar-refractivity contribution in [3.8, 4) is 5.75 Å². The Morgan fingerprint density at radius 1 is 1.40 bits per heavy atom. The molecule has 0 aliphatic rings. The van der Waals surface area contributed by atoms with Crippen LogP contribution in [-0.4, -0.2) is 17.6 Å². The van der Waals surface area contributed by atoms with Crippen molar-refractivity contribution in [3.05, 3.63) is 42.5 Å². The maximum atomic E-state index is 9.47. The smallest absolute Gasteiger partial charge is 0.240 e. The van der Waals surface area contributed by atoms with Crippen molar-refractivity contribution in [2.24, 2.45) is 11.5 Å². The molecule has 0 saturated heterocycles. The van der Waals surface area contributed by atoms with Gasteiger partial charge >= 0.3 is 0 Å². The molecule has 1 aromatic carbocycles. The van der Waals surface area contributed by atoms with Crippen LogP contribution in [0.5, 0.6) is 5.75 Å². The van der Waals surface area contributed by atoms with Crippen molar-refractivity contribution in [1.82, 2.24) is 0 Å². The summed E-state index contributed by atoms with van der Waals surface area (Å²) in [6, 6.07) is 7.10. The van der Waals surface area contributed by atoms with Crippen LogP contribution in [-0.2, 0) is 11.2 Å². The second kappa shape index (κ2) is 7.58. The molecule has 0 spiro atoms. The van der Waals surface area contributed by atoms with Crippen LogP contribution in [0.2, 0.25) is 0 Å². The second-order valence-corrected chi connectivity index (χ2v) is 2.81. The van der Waals surface area contributed by atoms with Gasteiger partial charge in [0.1, 0.15) is 5.75 Å². The molecule has 0 radical (unpaired) electrons. The van der Waals surface area contributed by atoms with Crippen molar-refractivity contribution in [2.45, 2.75) is 6.42 Å². The highest BCUT2D eigenvalue weighted by Crippen LogP contribution is 2.09. The fourth-order valence-electron chi connectivity index (χ4n) is 0.829. The van der Waals surface area contributed by atoms with Crippen LogP contribution in [0.1, 0.15) is 5.56 Å². The summed E-state index contributed by atoms with van der Waals surface area (Å²) in [5.41, 5.74) is 11.0. The summed E-state index contributed by atoms with van der Waals surface area (Å²) in [6.07, 6.45) is 1.93. The Morgan fingerprint density at radius 2 is 1.87 bits per heavy atom. The van der Waals surface area contributed by atoms with E-state index >= 15 is 0 Å². The van der Waals surface area contributed by atoms with Crippen molar-refractivity contribution < 1.29 is 9.90 Å². The number of rotatable bonds is 3. The summed E-state index contributed by atoms with van der Waals surface area (Å²) in [5.74, 6) is -0.175. The van der Waals surface area contributed by atoms with Crippen LogP contribution in [0.15, 0.2) is 36.9 Å². The summed E-state index contributed by atoms with van der Waals surface area (Å²) in [7, 11) is 0. The molecule has 1 rings (SSSR count). The van der Waals surface area contributed by atoms with Crippen LogP contribution in [0.25, 0.3) is 0 Å². The van der Waals surface area contributed by atoms with E-state index in [1.807, 2.05) is 12.1 Å². The highest BCUT2D eigenvalue weighted by Gasteiger charge is 1.89. The van der Waals surface area contributed by atoms with E-state index in [0.29, 0.717) is 12.3 Å². The number of hydrogen-bond acceptors (Lipinski definition) is 3. The van der Waals surface area contributed by atoms with Gasteiger partial charge in [-0.1, -0.05) is 18.7 Å². The zero-order valence-corrected chi connectivity index (χ0v) is 8.52. The summed E-state index contributed by atoms with van der Waals surface area (Å²) >= 11 is 0. The molecule has 0 aliphatic heterocycles. The number of amides is 1. The molecule has 15 heavy (non-hydrogen) atoms. The molecule has 4 heteroatoms. The van der Waals surface area contributed by atoms with Crippen molar-refractivity contribution in [1.29, 1.82) is 0 Å². The zero-order chi connectivity index (χ0) is 11.7. The summed E-state index contributed by atoms with van der Waals surface area (Å²) < 4.78 is 0. The van der Waals surface area contributed by atoms with E-state index < -0.39 is 5.91 Å². The number of nitrogens with two attached hydrogens (primary N) is 2. The van der Waals surface area contributed by atoms with Gasteiger partial charge in [0.15, 0.2) is 0 Å². The average Bonchev–Trinajstić information content (AvgIpc) is 2.23. The van der Waals surface area contributed by atoms with E-state index in [9.17, 15) is 4.79 Å². The Balaban J connectivity index is 0.000000336. The Kier molecular flexibility index (Phi) is 6.67. The first-order valence-corrected chi connectivity index (χ1v) is 4.50. The van der Waals surface area contributed by atoms with Gasteiger partial charge in [-0.2, -0.15) is 0 Å². The molecule has 4 nitrogen and oxygen atoms in total. The first-order chi connectivity index (χ1) is 7.10. The van der Waals surface area contributed by atoms with Crippen LogP contribution < -0.4 is 11.5 Å². The molecule has 1 amide bonds. The van der Waals surface area contributed by atoms with E-state index in [2.05, 4.69) is 12.3 Å². The Morgan fingerprint density at radius 3 is 2.20 bits per heavy atom. The molecule has 1 aromatic rings. The van der Waals surface area contributed by atoms with Gasteiger partial charge < -0.3 is 16.6 Å². The van der Waals surface area contributed by atoms with Crippen LogP contribution in [0.3, 0.4) is 0 Å². The van der Waals surface area contributed by atoms with Gasteiger partial charge in [-0.25, -0.2) is 0 Å². The lowest BCUT2D eigenvalue weighted by atomic mass is 10.1. The zero-order valence-electron chi connectivity index (χ0n) is 8.52. The first-order valence-electron chi connectivity index (χ1n) is 4.50. The highest BCUT2D eigenvalue weighted by atomic mass is 16.3. The number of benzene rings is 1. The standard InChI is InChI=1S/C8H11NO.C3H5NO/c9-6-5-7-1-3-8(10)4-2-7;1-2-3(4)5/h1-4,10H,5-6,9H2;2H,1H2,(H2,4,5). The number of hydrogen-bond donors (Lipinski definition) is 3. The van der Waals surface area contributed by atoms with Crippen molar-refractivity contribution >= 4 is 5.91 Å². The lowest BCUT2D eigenvalue weighted by Gasteiger charge is -1.96. The summed E-state index contributed by atoms with van der Waals surface area (Å²) in [4.78, 5) is 9.47. The van der Waals surface area contributed by atoms with Crippen molar-refractivity contribution in [2.75, 3.05) is 6.54 Å². The minimum atomic E-state index is -0.481. The van der Waals surface area contributed by atoms with Gasteiger partial charge in [-0.05, 0) is 36.7 Å². The van der Waals surface area contributed by atoms with E-state index in [-0.39, 0.29) is 0 Å². The molecule has 0 aromatic heterocycles. The number of primary amides is 1. The van der Waals surface area contributed by atoms with Gasteiger partial charge in [-0.3, -0.25) is 4.79 Å². The Labute approximate surface area is 89.2 Å². The fourth-order valence-corrected chi connectivity index (χ4v) is 0.829. The van der Waals surface area contributed by atoms with Gasteiger partial charge in [-0.15, -0.1) is 0 Å². The van der Waals surface area contributed by atoms with Crippen molar-refractivity contribution in [3.63, 3.8) is 0 Å². The fraction of sp³-hybridized carbons (Fsp3) is 0.182. The third-order valence-electron chi connectivity index (χ3n) is 1.57. The topological polar surface area (TPSA) is 89.3 Å². The van der Waals surface area contributed by atoms with Crippen LogP contribution in [0.4, 0.5) is 0 Å². The predicted molar refractivity (Wildman–Crippen MR) is 60.3 cm³/mol. The largest absolute Gasteiger partial charge is 0.508 e. The molecule has 5 N–H and O–H groups in total. The number of carbonyl (C=O) groups is 1. The lowest BCUT2D eigenvalue weighted by molar-refractivity contribution is -0.113. The average molecular weight is 208 g/mol. The van der Waals surface area contributed by atoms with E-state index in [4.69, 9.17) is 10.8 Å². The van der Waals surface area contributed by atoms with Crippen LogP contribution in [0, 0.1) is 0 Å². The minimum Gasteiger partial charge on any atom is -0.508 e. The SMILES string of the molecule is C=CC(N)=O.NCCc1ccc(O)cc1. The molecule has 82 valence electrons. The van der Waals surface area contributed by atoms with Gasteiger partial charge in [0, 0.05) is 0 Å². The van der Waals surface area contributed by atoms with Gasteiger partial charge in [0.2, 0.25) is 5.91 Å². The second-order valence-electron chi connectivity index (χ2n) is 2.81. The molecular formula is C11H16N2O2. The maximum Gasteiger partial charge on any atom is 0.240 e. The molecule has 0 bridgehead atoms. The molecular weight excluding hydrogens is 192 g/mol. The van der Waals surface area contributed by atoms with Gasteiger partial charge in [0.05, 0.1) is 0 Å². The number of carbonyl (C=O) groups excluding carboxylic acids is 1. The van der Waals surface area contributed by atoms with Crippen LogP contribution >= 0.6 is 0 Å². The third kappa shape index (κ3) is 7.28. The molecule has 0 atom stereocenters. The quantitative estimate of drug-likeness (QED) is 0.634. The Hall–Kier alpha value is -1.81. The maximum absolute atomic E-state index is 9.47. The number of phenols is 1. The highest BCUT2D eigenvalue weighted by molar-refractivity contribution is 5.84. The number of phenolic OH excluding ortho intramolecular Hbond substituents is 1. The Bertz CT molecular complexity index is 307. The first kappa shape index (κ1) is 13.2. The van der Waals surface area contributed by atoms with E-state index in [1.54, 1.807) is 12.1 Å².